The Hall–Kier alpha value is -3.41. The van der Waals surface area contributed by atoms with Gasteiger partial charge in [-0.2, -0.15) is 5.10 Å². The number of anilines is 3. The molecular formula is C35H52N6. The molecule has 6 heteroatoms. The van der Waals surface area contributed by atoms with Crippen molar-refractivity contribution in [1.29, 1.82) is 0 Å². The number of rotatable bonds is 17. The summed E-state index contributed by atoms with van der Waals surface area (Å²) in [6.45, 7) is 19.0. The Labute approximate surface area is 249 Å². The molecule has 1 saturated heterocycles. The molecule has 0 atom stereocenters. The minimum Gasteiger partial charge on any atom is -0.389 e. The number of nitrogens with zero attached hydrogens (tertiary/aromatic N) is 5. The molecular weight excluding hydrogens is 504 g/mol. The van der Waals surface area contributed by atoms with Gasteiger partial charge in [0.1, 0.15) is 12.2 Å². The predicted octanol–water partition coefficient (Wildman–Crippen LogP) is 7.75. The van der Waals surface area contributed by atoms with Crippen LogP contribution in [0.3, 0.4) is 0 Å². The van der Waals surface area contributed by atoms with Crippen LogP contribution in [-0.2, 0) is 6.42 Å². The molecule has 0 radical (unpaired) electrons. The third kappa shape index (κ3) is 9.04. The Kier molecular flexibility index (Phi) is 12.0. The molecule has 2 heterocycles. The monoisotopic (exact) mass is 556 g/mol. The zero-order chi connectivity index (χ0) is 28.9. The molecule has 1 fully saturated rings. The first-order chi connectivity index (χ1) is 20.1. The van der Waals surface area contributed by atoms with Gasteiger partial charge in [0.25, 0.3) is 0 Å². The van der Waals surface area contributed by atoms with Crippen LogP contribution in [0.15, 0.2) is 78.3 Å². The number of hydrazone groups is 1. The van der Waals surface area contributed by atoms with Crippen LogP contribution in [0.25, 0.3) is 0 Å². The SMILES string of the molecule is C=C(CCCC)NCCCCCCCCN1N=CN(c2ccc(N3CCN(c4ccc(CC)cc4)CC3)cc2)C1=C. The van der Waals surface area contributed by atoms with Gasteiger partial charge < -0.3 is 15.1 Å². The van der Waals surface area contributed by atoms with E-state index in [1.807, 2.05) is 11.3 Å². The van der Waals surface area contributed by atoms with E-state index < -0.39 is 0 Å². The minimum atomic E-state index is 0.925. The van der Waals surface area contributed by atoms with Crippen LogP contribution in [0, 0.1) is 0 Å². The summed E-state index contributed by atoms with van der Waals surface area (Å²) in [7, 11) is 0. The van der Waals surface area contributed by atoms with Gasteiger partial charge in [0, 0.05) is 62.0 Å². The number of allylic oxidation sites excluding steroid dienone is 1. The summed E-state index contributed by atoms with van der Waals surface area (Å²) in [5.41, 5.74) is 6.33. The Morgan fingerprint density at radius 2 is 1.32 bits per heavy atom. The average Bonchev–Trinajstić information content (AvgIpc) is 3.39. The molecule has 1 N–H and O–H groups in total. The molecule has 0 aromatic heterocycles. The highest BCUT2D eigenvalue weighted by Gasteiger charge is 2.22. The molecule has 0 saturated carbocycles. The highest BCUT2D eigenvalue weighted by atomic mass is 15.6. The molecule has 2 aromatic carbocycles. The second-order valence-electron chi connectivity index (χ2n) is 11.4. The van der Waals surface area contributed by atoms with Crippen LogP contribution in [0.5, 0.6) is 0 Å². The fourth-order valence-corrected chi connectivity index (χ4v) is 5.60. The number of unbranched alkanes of at least 4 members (excludes halogenated alkanes) is 6. The van der Waals surface area contributed by atoms with Crippen LogP contribution in [0.1, 0.15) is 77.2 Å². The fraction of sp³-hybridized carbons (Fsp3) is 0.514. The number of aryl methyl sites for hydroxylation is 1. The lowest BCUT2D eigenvalue weighted by atomic mass is 10.1. The normalized spacial score (nSPS) is 15.2. The number of nitrogens with one attached hydrogen (secondary N) is 1. The van der Waals surface area contributed by atoms with E-state index in [1.54, 1.807) is 0 Å². The summed E-state index contributed by atoms with van der Waals surface area (Å²) >= 11 is 0. The third-order valence-electron chi connectivity index (χ3n) is 8.37. The van der Waals surface area contributed by atoms with Gasteiger partial charge in [-0.15, -0.1) is 0 Å². The molecule has 0 spiro atoms. The molecule has 4 rings (SSSR count). The van der Waals surface area contributed by atoms with Crippen molar-refractivity contribution in [1.82, 2.24) is 10.3 Å². The van der Waals surface area contributed by atoms with Crippen LogP contribution < -0.4 is 20.0 Å². The highest BCUT2D eigenvalue weighted by Crippen LogP contribution is 2.28. The van der Waals surface area contributed by atoms with Gasteiger partial charge in [0.05, 0.1) is 0 Å². The van der Waals surface area contributed by atoms with Gasteiger partial charge in [-0.25, -0.2) is 5.01 Å². The van der Waals surface area contributed by atoms with Crippen molar-refractivity contribution in [3.63, 3.8) is 0 Å². The maximum atomic E-state index is 4.63. The average molecular weight is 557 g/mol. The third-order valence-corrected chi connectivity index (χ3v) is 8.37. The second kappa shape index (κ2) is 16.1. The summed E-state index contributed by atoms with van der Waals surface area (Å²) in [4.78, 5) is 7.08. The summed E-state index contributed by atoms with van der Waals surface area (Å²) in [5, 5.41) is 10.2. The first-order valence-electron chi connectivity index (χ1n) is 16.0. The maximum absolute atomic E-state index is 4.63. The van der Waals surface area contributed by atoms with Gasteiger partial charge in [0.2, 0.25) is 0 Å². The lowest BCUT2D eigenvalue weighted by molar-refractivity contribution is 0.365. The van der Waals surface area contributed by atoms with Crippen LogP contribution in [0.4, 0.5) is 17.1 Å². The van der Waals surface area contributed by atoms with E-state index in [1.165, 1.54) is 67.6 Å². The summed E-state index contributed by atoms with van der Waals surface area (Å²) in [6.07, 6.45) is 14.0. The minimum absolute atomic E-state index is 0.925. The number of piperazine rings is 1. The topological polar surface area (TPSA) is 37.4 Å². The van der Waals surface area contributed by atoms with Crippen molar-refractivity contribution >= 4 is 23.4 Å². The fourth-order valence-electron chi connectivity index (χ4n) is 5.60. The van der Waals surface area contributed by atoms with Crippen molar-refractivity contribution in [3.05, 3.63) is 78.8 Å². The molecule has 0 amide bonds. The zero-order valence-electron chi connectivity index (χ0n) is 25.7. The smallest absolute Gasteiger partial charge is 0.127 e. The maximum Gasteiger partial charge on any atom is 0.127 e. The summed E-state index contributed by atoms with van der Waals surface area (Å²) < 4.78 is 0. The lowest BCUT2D eigenvalue weighted by Gasteiger charge is -2.37. The summed E-state index contributed by atoms with van der Waals surface area (Å²) in [5.74, 6) is 0.940. The predicted molar refractivity (Wildman–Crippen MR) is 178 cm³/mol. The van der Waals surface area contributed by atoms with Crippen LogP contribution in [-0.4, -0.2) is 50.6 Å². The Balaban J connectivity index is 1.11. The van der Waals surface area contributed by atoms with E-state index in [-0.39, 0.29) is 0 Å². The van der Waals surface area contributed by atoms with Crippen molar-refractivity contribution in [2.45, 2.75) is 78.1 Å². The largest absolute Gasteiger partial charge is 0.389 e. The van der Waals surface area contributed by atoms with Gasteiger partial charge in [0.15, 0.2) is 0 Å². The van der Waals surface area contributed by atoms with Crippen molar-refractivity contribution in [2.24, 2.45) is 5.10 Å². The molecule has 2 aromatic rings. The molecule has 41 heavy (non-hydrogen) atoms. The summed E-state index contributed by atoms with van der Waals surface area (Å²) in [6, 6.07) is 17.9. The standard InChI is InChI=1S/C35H52N6/c1-5-7-14-30(3)36-23-12-10-8-9-11-13-24-41-31(4)40(29-37-41)35-21-19-34(20-22-35)39-27-25-38(26-28-39)33-17-15-32(6-2)16-18-33/h15-22,29,36H,3-14,23-28H2,1-2H3. The molecule has 6 nitrogen and oxygen atoms in total. The van der Waals surface area contributed by atoms with Crippen molar-refractivity contribution < 1.29 is 0 Å². The van der Waals surface area contributed by atoms with Crippen molar-refractivity contribution in [3.8, 4) is 0 Å². The molecule has 0 bridgehead atoms. The van der Waals surface area contributed by atoms with E-state index in [9.17, 15) is 0 Å². The van der Waals surface area contributed by atoms with Crippen molar-refractivity contribution in [2.75, 3.05) is 54.0 Å². The van der Waals surface area contributed by atoms with Gasteiger partial charge >= 0.3 is 0 Å². The van der Waals surface area contributed by atoms with Gasteiger partial charge in [-0.3, -0.25) is 4.90 Å². The Morgan fingerprint density at radius 1 is 0.756 bits per heavy atom. The Bertz CT molecular complexity index is 1100. The number of hydrogen-bond acceptors (Lipinski definition) is 6. The van der Waals surface area contributed by atoms with E-state index >= 15 is 0 Å². The zero-order valence-corrected chi connectivity index (χ0v) is 25.7. The number of benzene rings is 2. The Morgan fingerprint density at radius 3 is 1.93 bits per heavy atom. The lowest BCUT2D eigenvalue weighted by Crippen LogP contribution is -2.46. The van der Waals surface area contributed by atoms with E-state index in [0.717, 1.165) is 70.0 Å². The number of hydrogen-bond donors (Lipinski definition) is 1. The molecule has 222 valence electrons. The molecule has 0 aliphatic carbocycles. The second-order valence-corrected chi connectivity index (χ2v) is 11.4. The molecule has 2 aliphatic heterocycles. The molecule has 2 aliphatic rings. The van der Waals surface area contributed by atoms with Crippen LogP contribution >= 0.6 is 0 Å². The van der Waals surface area contributed by atoms with E-state index in [0.29, 0.717) is 0 Å². The van der Waals surface area contributed by atoms with E-state index in [2.05, 4.69) is 101 Å². The molecule has 0 unspecified atom stereocenters. The van der Waals surface area contributed by atoms with Gasteiger partial charge in [-0.1, -0.05) is 71.2 Å². The van der Waals surface area contributed by atoms with Gasteiger partial charge in [-0.05, 0) is 74.1 Å². The first-order valence-corrected chi connectivity index (χ1v) is 16.0. The highest BCUT2D eigenvalue weighted by molar-refractivity contribution is 5.85. The van der Waals surface area contributed by atoms with E-state index in [4.69, 9.17) is 0 Å². The quantitative estimate of drug-likeness (QED) is 0.202. The first kappa shape index (κ1) is 30.5. The van der Waals surface area contributed by atoms with Crippen LogP contribution in [0.2, 0.25) is 0 Å².